The maximum Gasteiger partial charge on any atom is 0.292 e. The standard InChI is InChI=1S/C9H4ClF2NO/c10-9-13-4-8(14-9)5-1-2-6(11)7(12)3-5/h1-4H. The van der Waals surface area contributed by atoms with Crippen LogP contribution in [0.5, 0.6) is 0 Å². The first-order valence-electron chi connectivity index (χ1n) is 3.73. The van der Waals surface area contributed by atoms with E-state index in [4.69, 9.17) is 16.0 Å². The van der Waals surface area contributed by atoms with Gasteiger partial charge in [-0.3, -0.25) is 0 Å². The number of nitrogens with zero attached hydrogens (tertiary/aromatic N) is 1. The lowest BCUT2D eigenvalue weighted by Gasteiger charge is -1.96. The SMILES string of the molecule is Fc1ccc(-c2cnc(Cl)o2)cc1F. The highest BCUT2D eigenvalue weighted by Gasteiger charge is 2.08. The molecule has 0 aliphatic rings. The van der Waals surface area contributed by atoms with Crippen LogP contribution >= 0.6 is 11.6 Å². The highest BCUT2D eigenvalue weighted by molar-refractivity contribution is 6.27. The van der Waals surface area contributed by atoms with Crippen LogP contribution in [-0.4, -0.2) is 4.98 Å². The largest absolute Gasteiger partial charge is 0.428 e. The molecule has 72 valence electrons. The Morgan fingerprint density at radius 1 is 1.21 bits per heavy atom. The molecule has 14 heavy (non-hydrogen) atoms. The second kappa shape index (κ2) is 3.38. The van der Waals surface area contributed by atoms with Gasteiger partial charge in [0.15, 0.2) is 17.4 Å². The molecule has 0 radical (unpaired) electrons. The van der Waals surface area contributed by atoms with Crippen molar-refractivity contribution in [3.8, 4) is 11.3 Å². The van der Waals surface area contributed by atoms with E-state index < -0.39 is 11.6 Å². The quantitative estimate of drug-likeness (QED) is 0.730. The minimum atomic E-state index is -0.935. The van der Waals surface area contributed by atoms with Gasteiger partial charge < -0.3 is 4.42 Å². The van der Waals surface area contributed by atoms with E-state index in [9.17, 15) is 8.78 Å². The molecular weight excluding hydrogens is 212 g/mol. The highest BCUT2D eigenvalue weighted by atomic mass is 35.5. The van der Waals surface area contributed by atoms with Crippen LogP contribution in [-0.2, 0) is 0 Å². The third kappa shape index (κ3) is 1.61. The van der Waals surface area contributed by atoms with Gasteiger partial charge in [-0.25, -0.2) is 13.8 Å². The predicted octanol–water partition coefficient (Wildman–Crippen LogP) is 3.27. The molecule has 1 aromatic heterocycles. The van der Waals surface area contributed by atoms with Crippen molar-refractivity contribution in [1.29, 1.82) is 0 Å². The Bertz CT molecular complexity index is 470. The number of oxazole rings is 1. The summed E-state index contributed by atoms with van der Waals surface area (Å²) in [5.74, 6) is -1.54. The molecule has 0 atom stereocenters. The van der Waals surface area contributed by atoms with Crippen molar-refractivity contribution in [3.63, 3.8) is 0 Å². The molecule has 0 amide bonds. The minimum Gasteiger partial charge on any atom is -0.428 e. The molecule has 0 aliphatic heterocycles. The number of hydrogen-bond acceptors (Lipinski definition) is 2. The van der Waals surface area contributed by atoms with Gasteiger partial charge in [-0.05, 0) is 29.8 Å². The van der Waals surface area contributed by atoms with E-state index in [1.165, 1.54) is 12.3 Å². The lowest BCUT2D eigenvalue weighted by Crippen LogP contribution is -1.83. The molecule has 2 nitrogen and oxygen atoms in total. The van der Waals surface area contributed by atoms with E-state index in [-0.39, 0.29) is 5.35 Å². The van der Waals surface area contributed by atoms with Gasteiger partial charge in [-0.2, -0.15) is 0 Å². The van der Waals surface area contributed by atoms with Crippen LogP contribution in [0.3, 0.4) is 0 Å². The fourth-order valence-electron chi connectivity index (χ4n) is 1.04. The Hall–Kier alpha value is -1.42. The lowest BCUT2D eigenvalue weighted by molar-refractivity contribution is 0.508. The number of halogens is 3. The van der Waals surface area contributed by atoms with Gasteiger partial charge in [0, 0.05) is 5.56 Å². The zero-order valence-electron chi connectivity index (χ0n) is 6.80. The molecule has 2 aromatic rings. The Kier molecular flexibility index (Phi) is 2.21. The fraction of sp³-hybridized carbons (Fsp3) is 0. The van der Waals surface area contributed by atoms with E-state index in [1.807, 2.05) is 0 Å². The summed E-state index contributed by atoms with van der Waals surface area (Å²) in [4.78, 5) is 3.63. The Labute approximate surface area is 83.1 Å². The van der Waals surface area contributed by atoms with Gasteiger partial charge >= 0.3 is 0 Å². The maximum atomic E-state index is 12.8. The van der Waals surface area contributed by atoms with E-state index in [0.717, 1.165) is 12.1 Å². The predicted molar refractivity (Wildman–Crippen MR) is 46.9 cm³/mol. The van der Waals surface area contributed by atoms with Crippen LogP contribution in [0.1, 0.15) is 0 Å². The molecule has 0 spiro atoms. The first-order chi connectivity index (χ1) is 6.66. The molecule has 0 unspecified atom stereocenters. The monoisotopic (exact) mass is 215 g/mol. The molecule has 1 aromatic carbocycles. The summed E-state index contributed by atoms with van der Waals surface area (Å²) in [6.07, 6.45) is 1.34. The maximum absolute atomic E-state index is 12.8. The fourth-order valence-corrected chi connectivity index (χ4v) is 1.17. The number of aromatic nitrogens is 1. The van der Waals surface area contributed by atoms with Crippen LogP contribution in [0.2, 0.25) is 5.35 Å². The molecule has 0 aliphatic carbocycles. The van der Waals surface area contributed by atoms with E-state index in [0.29, 0.717) is 11.3 Å². The summed E-state index contributed by atoms with van der Waals surface area (Å²) < 4.78 is 30.3. The van der Waals surface area contributed by atoms with E-state index in [2.05, 4.69) is 4.98 Å². The summed E-state index contributed by atoms with van der Waals surface area (Å²) in [6.45, 7) is 0. The molecule has 5 heteroatoms. The van der Waals surface area contributed by atoms with Gasteiger partial charge in [0.05, 0.1) is 6.20 Å². The first-order valence-corrected chi connectivity index (χ1v) is 4.11. The summed E-state index contributed by atoms with van der Waals surface area (Å²) >= 11 is 5.44. The molecular formula is C9H4ClF2NO. The third-order valence-corrected chi connectivity index (χ3v) is 1.86. The second-order valence-electron chi connectivity index (χ2n) is 2.61. The molecule has 0 fully saturated rings. The molecule has 1 heterocycles. The number of rotatable bonds is 1. The first kappa shape index (κ1) is 9.15. The Morgan fingerprint density at radius 3 is 2.57 bits per heavy atom. The van der Waals surface area contributed by atoms with Crippen LogP contribution in [0.25, 0.3) is 11.3 Å². The Balaban J connectivity index is 2.47. The van der Waals surface area contributed by atoms with Crippen LogP contribution in [0.4, 0.5) is 8.78 Å². The summed E-state index contributed by atoms with van der Waals surface area (Å²) in [5.41, 5.74) is 0.392. The van der Waals surface area contributed by atoms with Crippen LogP contribution in [0, 0.1) is 11.6 Å². The average molecular weight is 216 g/mol. The second-order valence-corrected chi connectivity index (χ2v) is 2.93. The molecule has 0 saturated heterocycles. The van der Waals surface area contributed by atoms with Gasteiger partial charge in [0.1, 0.15) is 0 Å². The number of benzene rings is 1. The molecule has 2 rings (SSSR count). The smallest absolute Gasteiger partial charge is 0.292 e. The van der Waals surface area contributed by atoms with Gasteiger partial charge in [0.2, 0.25) is 0 Å². The van der Waals surface area contributed by atoms with Crippen molar-refractivity contribution >= 4 is 11.6 Å². The van der Waals surface area contributed by atoms with Gasteiger partial charge in [-0.15, -0.1) is 0 Å². The normalized spacial score (nSPS) is 10.5. The third-order valence-electron chi connectivity index (χ3n) is 1.68. The topological polar surface area (TPSA) is 26.0 Å². The zero-order chi connectivity index (χ0) is 10.1. The lowest BCUT2D eigenvalue weighted by atomic mass is 10.2. The van der Waals surface area contributed by atoms with Crippen molar-refractivity contribution in [1.82, 2.24) is 4.98 Å². The zero-order valence-corrected chi connectivity index (χ0v) is 7.55. The van der Waals surface area contributed by atoms with Crippen molar-refractivity contribution in [3.05, 3.63) is 41.4 Å². The van der Waals surface area contributed by atoms with E-state index >= 15 is 0 Å². The molecule has 0 N–H and O–H groups in total. The highest BCUT2D eigenvalue weighted by Crippen LogP contribution is 2.23. The minimum absolute atomic E-state index is 0.0373. The van der Waals surface area contributed by atoms with Crippen LogP contribution in [0.15, 0.2) is 28.8 Å². The summed E-state index contributed by atoms with van der Waals surface area (Å²) in [7, 11) is 0. The van der Waals surface area contributed by atoms with Gasteiger partial charge in [0.25, 0.3) is 5.35 Å². The average Bonchev–Trinajstić information content (AvgIpc) is 2.57. The summed E-state index contributed by atoms with van der Waals surface area (Å²) in [5, 5.41) is -0.0373. The van der Waals surface area contributed by atoms with Crippen molar-refractivity contribution < 1.29 is 13.2 Å². The van der Waals surface area contributed by atoms with Crippen LogP contribution < -0.4 is 0 Å². The number of hydrogen-bond donors (Lipinski definition) is 0. The molecule has 0 saturated carbocycles. The van der Waals surface area contributed by atoms with Gasteiger partial charge in [-0.1, -0.05) is 0 Å². The van der Waals surface area contributed by atoms with Crippen molar-refractivity contribution in [2.75, 3.05) is 0 Å². The van der Waals surface area contributed by atoms with E-state index in [1.54, 1.807) is 0 Å². The van der Waals surface area contributed by atoms with Crippen molar-refractivity contribution in [2.24, 2.45) is 0 Å². The molecule has 0 bridgehead atoms. The van der Waals surface area contributed by atoms with Crippen molar-refractivity contribution in [2.45, 2.75) is 0 Å². The summed E-state index contributed by atoms with van der Waals surface area (Å²) in [6, 6.07) is 3.42. The Morgan fingerprint density at radius 2 is 2.00 bits per heavy atom.